The van der Waals surface area contributed by atoms with Crippen molar-refractivity contribution in [3.05, 3.63) is 17.6 Å². The van der Waals surface area contributed by atoms with E-state index in [1.807, 2.05) is 0 Å². The first-order valence-electron chi connectivity index (χ1n) is 8.72. The van der Waals surface area contributed by atoms with Crippen LogP contribution >= 0.6 is 0 Å². The van der Waals surface area contributed by atoms with Gasteiger partial charge in [0.1, 0.15) is 15.7 Å². The van der Waals surface area contributed by atoms with Crippen LogP contribution in [-0.4, -0.2) is 60.3 Å². The Kier molecular flexibility index (Phi) is 5.55. The summed E-state index contributed by atoms with van der Waals surface area (Å²) >= 11 is 0. The number of allylic oxidation sites excluding steroid dienone is 1. The molecular weight excluding hydrogens is 359 g/mol. The van der Waals surface area contributed by atoms with Gasteiger partial charge in [-0.05, 0) is 24.8 Å². The molecule has 0 aromatic carbocycles. The van der Waals surface area contributed by atoms with E-state index in [0.717, 1.165) is 19.1 Å². The molecule has 1 unspecified atom stereocenters. The maximum atomic E-state index is 13.5. The summed E-state index contributed by atoms with van der Waals surface area (Å²) in [6.07, 6.45) is 7.77. The quantitative estimate of drug-likeness (QED) is 0.779. The summed E-state index contributed by atoms with van der Waals surface area (Å²) in [7, 11) is -3.14. The van der Waals surface area contributed by atoms with E-state index in [4.69, 9.17) is 0 Å². The topological polar surface area (TPSA) is 84.6 Å². The number of aromatic nitrogens is 2. The molecule has 0 bridgehead atoms. The summed E-state index contributed by atoms with van der Waals surface area (Å²) in [5, 5.41) is 4.32. The van der Waals surface area contributed by atoms with Crippen LogP contribution in [0.5, 0.6) is 0 Å². The molecule has 0 N–H and O–H groups in total. The summed E-state index contributed by atoms with van der Waals surface area (Å²) in [5.74, 6) is 0.363. The molecule has 2 aliphatic heterocycles. The minimum absolute atomic E-state index is 0.0249. The third kappa shape index (κ3) is 4.78. The Morgan fingerprint density at radius 1 is 1.42 bits per heavy atom. The largest absolute Gasteiger partial charge is 0.342 e. The van der Waals surface area contributed by atoms with Gasteiger partial charge in [-0.15, -0.1) is 0 Å². The molecule has 3 heterocycles. The van der Waals surface area contributed by atoms with Crippen LogP contribution in [0.15, 0.2) is 17.0 Å². The monoisotopic (exact) mass is 382 g/mol. The van der Waals surface area contributed by atoms with E-state index >= 15 is 0 Å². The predicted molar refractivity (Wildman–Crippen MR) is 97.7 cm³/mol. The lowest BCUT2D eigenvalue weighted by Gasteiger charge is -2.33. The molecule has 0 spiro atoms. The van der Waals surface area contributed by atoms with E-state index in [1.165, 1.54) is 12.3 Å². The lowest BCUT2D eigenvalue weighted by Crippen LogP contribution is -2.41. The van der Waals surface area contributed by atoms with Gasteiger partial charge in [-0.2, -0.15) is 5.10 Å². The molecule has 142 valence electrons. The maximum absolute atomic E-state index is 13.5. The van der Waals surface area contributed by atoms with Gasteiger partial charge >= 0.3 is 0 Å². The van der Waals surface area contributed by atoms with Crippen molar-refractivity contribution in [3.8, 4) is 0 Å². The minimum atomic E-state index is -3.14. The zero-order valence-corrected chi connectivity index (χ0v) is 15.6. The number of halogens is 1. The molecule has 1 atom stereocenters. The van der Waals surface area contributed by atoms with Crippen LogP contribution in [0.2, 0.25) is 0 Å². The summed E-state index contributed by atoms with van der Waals surface area (Å²) in [6, 6.07) is 0. The van der Waals surface area contributed by atoms with Gasteiger partial charge in [0, 0.05) is 50.5 Å². The van der Waals surface area contributed by atoms with Crippen LogP contribution in [0.1, 0.15) is 31.2 Å². The number of rotatable bonds is 5. The number of amides is 1. The van der Waals surface area contributed by atoms with Crippen LogP contribution in [-0.2, 0) is 21.2 Å². The van der Waals surface area contributed by atoms with E-state index in [9.17, 15) is 17.6 Å². The molecule has 0 aliphatic carbocycles. The average molecular weight is 382 g/mol. The molecule has 9 heteroatoms. The Bertz CT molecular complexity index is 844. The van der Waals surface area contributed by atoms with Crippen molar-refractivity contribution in [1.82, 2.24) is 14.7 Å². The Labute approximate surface area is 152 Å². The van der Waals surface area contributed by atoms with Crippen molar-refractivity contribution < 1.29 is 17.6 Å². The molecule has 0 radical (unpaired) electrons. The maximum Gasteiger partial charge on any atom is 0.223 e. The highest BCUT2D eigenvalue weighted by Gasteiger charge is 2.25. The molecule has 7 nitrogen and oxygen atoms in total. The molecule has 1 aromatic rings. The zero-order chi connectivity index (χ0) is 18.7. The summed E-state index contributed by atoms with van der Waals surface area (Å²) in [4.78, 5) is 18.3. The van der Waals surface area contributed by atoms with E-state index in [-0.39, 0.29) is 36.2 Å². The molecule has 2 aliphatic rings. The number of hydrogen-bond acceptors (Lipinski definition) is 5. The number of hydrogen-bond donors (Lipinski definition) is 0. The van der Waals surface area contributed by atoms with Gasteiger partial charge in [-0.3, -0.25) is 4.79 Å². The van der Waals surface area contributed by atoms with Crippen molar-refractivity contribution in [2.45, 2.75) is 32.2 Å². The molecule has 26 heavy (non-hydrogen) atoms. The third-order valence-corrected chi connectivity index (χ3v) is 5.59. The van der Waals surface area contributed by atoms with E-state index in [0.29, 0.717) is 31.0 Å². The molecular formula is C17H23FN4O3S. The second kappa shape index (κ2) is 7.69. The fourth-order valence-corrected chi connectivity index (χ4v) is 3.88. The second-order valence-corrected chi connectivity index (χ2v) is 9.20. The summed E-state index contributed by atoms with van der Waals surface area (Å²) in [5.41, 5.74) is 0.660. The lowest BCUT2D eigenvalue weighted by atomic mass is 9.98. The number of nitrogens with zero attached hydrogens (tertiary/aromatic N) is 4. The van der Waals surface area contributed by atoms with Crippen LogP contribution in [0.25, 0.3) is 6.08 Å². The number of piperidine rings is 1. The normalized spacial score (nSPS) is 20.5. The van der Waals surface area contributed by atoms with Gasteiger partial charge in [-0.25, -0.2) is 22.5 Å². The minimum Gasteiger partial charge on any atom is -0.342 e. The van der Waals surface area contributed by atoms with Gasteiger partial charge in [0.15, 0.2) is 5.82 Å². The van der Waals surface area contributed by atoms with Gasteiger partial charge in [0.2, 0.25) is 5.91 Å². The fraction of sp³-hybridized carbons (Fsp3) is 0.588. The number of fused-ring (bicyclic) bond motifs is 1. The van der Waals surface area contributed by atoms with E-state index in [2.05, 4.69) is 10.1 Å². The summed E-state index contributed by atoms with van der Waals surface area (Å²) in [6.45, 7) is 1.82. The Balaban J connectivity index is 1.64. The van der Waals surface area contributed by atoms with Crippen molar-refractivity contribution in [2.24, 2.45) is 10.9 Å². The van der Waals surface area contributed by atoms with E-state index in [1.54, 1.807) is 15.8 Å². The smallest absolute Gasteiger partial charge is 0.223 e. The highest BCUT2D eigenvalue weighted by atomic mass is 32.2. The van der Waals surface area contributed by atoms with Crippen LogP contribution in [0.3, 0.4) is 0 Å². The number of sulfone groups is 1. The molecule has 1 fully saturated rings. The zero-order valence-electron chi connectivity index (χ0n) is 14.8. The van der Waals surface area contributed by atoms with Crippen LogP contribution in [0, 0.1) is 5.92 Å². The highest BCUT2D eigenvalue weighted by Crippen LogP contribution is 2.28. The molecule has 1 aromatic heterocycles. The lowest BCUT2D eigenvalue weighted by molar-refractivity contribution is -0.132. The number of carbonyl (C=O) groups excluding carboxylic acids is 1. The molecule has 1 amide bonds. The first-order chi connectivity index (χ1) is 12.3. The van der Waals surface area contributed by atoms with Gasteiger partial charge in [0.25, 0.3) is 0 Å². The Hall–Kier alpha value is -2.03. The SMILES string of the molecule is CS(=O)(=O)CCC(=O)N1CCCC(Cn2ncc3c2N=CCC(F)=C3)C1. The van der Waals surface area contributed by atoms with Crippen LogP contribution in [0.4, 0.5) is 10.2 Å². The van der Waals surface area contributed by atoms with Crippen molar-refractivity contribution >= 4 is 33.9 Å². The fourth-order valence-electron chi connectivity index (χ4n) is 3.33. The predicted octanol–water partition coefficient (Wildman–Crippen LogP) is 1.97. The van der Waals surface area contributed by atoms with Crippen molar-refractivity contribution in [2.75, 3.05) is 25.1 Å². The first-order valence-corrected chi connectivity index (χ1v) is 10.8. The van der Waals surface area contributed by atoms with Gasteiger partial charge < -0.3 is 4.90 Å². The molecule has 3 rings (SSSR count). The average Bonchev–Trinajstić information content (AvgIpc) is 2.83. The summed E-state index contributed by atoms with van der Waals surface area (Å²) < 4.78 is 37.8. The number of likely N-dealkylation sites (tertiary alicyclic amines) is 1. The standard InChI is InChI=1S/C17H23FN4O3S/c1-26(24,25)8-5-16(23)21-7-2-3-13(11-21)12-22-17-14(10-20-22)9-15(18)4-6-19-17/h6,9-10,13H,2-5,7-8,11-12H2,1H3. The van der Waals surface area contributed by atoms with Gasteiger partial charge in [-0.1, -0.05) is 0 Å². The Morgan fingerprint density at radius 2 is 2.23 bits per heavy atom. The van der Waals surface area contributed by atoms with E-state index < -0.39 is 9.84 Å². The van der Waals surface area contributed by atoms with Crippen molar-refractivity contribution in [3.63, 3.8) is 0 Å². The number of carbonyl (C=O) groups is 1. The molecule has 0 saturated carbocycles. The third-order valence-electron chi connectivity index (χ3n) is 4.64. The van der Waals surface area contributed by atoms with Crippen molar-refractivity contribution in [1.29, 1.82) is 0 Å². The molecule has 1 saturated heterocycles. The Morgan fingerprint density at radius 3 is 3.00 bits per heavy atom. The van der Waals surface area contributed by atoms with Gasteiger partial charge in [0.05, 0.1) is 11.9 Å². The second-order valence-electron chi connectivity index (χ2n) is 6.94. The first kappa shape index (κ1) is 18.8. The highest BCUT2D eigenvalue weighted by molar-refractivity contribution is 7.90. The van der Waals surface area contributed by atoms with Crippen LogP contribution < -0.4 is 0 Å². The number of aliphatic imine (C=N–C) groups is 1.